The van der Waals surface area contributed by atoms with E-state index in [-0.39, 0.29) is 6.03 Å². The minimum absolute atomic E-state index is 0.0470. The topological polar surface area (TPSA) is 66.3 Å². The van der Waals surface area contributed by atoms with E-state index in [1.165, 1.54) is 0 Å². The van der Waals surface area contributed by atoms with Crippen LogP contribution in [0.25, 0.3) is 5.69 Å². The van der Waals surface area contributed by atoms with Crippen LogP contribution in [0.3, 0.4) is 0 Å². The van der Waals surface area contributed by atoms with Gasteiger partial charge in [-0.3, -0.25) is 0 Å². The van der Waals surface area contributed by atoms with Crippen LogP contribution in [0, 0.1) is 6.92 Å². The second-order valence-electron chi connectivity index (χ2n) is 6.67. The predicted octanol–water partition coefficient (Wildman–Crippen LogP) is 3.32. The first-order valence-corrected chi connectivity index (χ1v) is 10.3. The number of thiazole rings is 1. The van der Waals surface area contributed by atoms with Gasteiger partial charge in [0.15, 0.2) is 5.13 Å². The third-order valence-electron chi connectivity index (χ3n) is 4.62. The smallest absolute Gasteiger partial charge is 0.317 e. The van der Waals surface area contributed by atoms with Gasteiger partial charge in [0.2, 0.25) is 0 Å². The Kier molecular flexibility index (Phi) is 5.50. The van der Waals surface area contributed by atoms with Crippen LogP contribution in [-0.2, 0) is 6.54 Å². The fraction of sp³-hybridized carbons (Fsp3) is 0.316. The van der Waals surface area contributed by atoms with E-state index >= 15 is 0 Å². The van der Waals surface area contributed by atoms with Crippen molar-refractivity contribution in [3.05, 3.63) is 58.3 Å². The van der Waals surface area contributed by atoms with E-state index in [0.717, 1.165) is 35.2 Å². The standard InChI is InChI=1S/C19H21ClN6OS/c1-14-13-28-19(23-14)25-8-6-24(7-9-25)18(27)21-10-15-11-22-26(12-15)17-4-2-16(20)3-5-17/h2-5,11-13H,6-10H2,1H3,(H,21,27). The van der Waals surface area contributed by atoms with Crippen LogP contribution < -0.4 is 10.2 Å². The molecule has 3 aromatic rings. The molecule has 1 fully saturated rings. The molecule has 7 nitrogen and oxygen atoms in total. The van der Waals surface area contributed by atoms with Gasteiger partial charge in [-0.25, -0.2) is 14.5 Å². The molecule has 0 radical (unpaired) electrons. The number of nitrogens with one attached hydrogen (secondary N) is 1. The van der Waals surface area contributed by atoms with Gasteiger partial charge in [0, 0.05) is 54.9 Å². The maximum absolute atomic E-state index is 12.5. The van der Waals surface area contributed by atoms with Crippen molar-refractivity contribution in [2.75, 3.05) is 31.1 Å². The Morgan fingerprint density at radius 1 is 1.21 bits per heavy atom. The minimum Gasteiger partial charge on any atom is -0.345 e. The SMILES string of the molecule is Cc1csc(N2CCN(C(=O)NCc3cnn(-c4ccc(Cl)cc4)c3)CC2)n1. The molecular formula is C19H21ClN6OS. The molecule has 0 bridgehead atoms. The average molecular weight is 417 g/mol. The van der Waals surface area contributed by atoms with E-state index in [1.807, 2.05) is 42.3 Å². The molecule has 146 valence electrons. The highest BCUT2D eigenvalue weighted by molar-refractivity contribution is 7.13. The van der Waals surface area contributed by atoms with Crippen LogP contribution in [0.2, 0.25) is 5.02 Å². The zero-order chi connectivity index (χ0) is 19.5. The number of rotatable bonds is 4. The molecule has 0 atom stereocenters. The number of urea groups is 1. The van der Waals surface area contributed by atoms with Gasteiger partial charge in [0.05, 0.1) is 17.6 Å². The lowest BCUT2D eigenvalue weighted by Crippen LogP contribution is -2.51. The highest BCUT2D eigenvalue weighted by Gasteiger charge is 2.22. The average Bonchev–Trinajstić information content (AvgIpc) is 3.36. The summed E-state index contributed by atoms with van der Waals surface area (Å²) in [4.78, 5) is 21.1. The summed E-state index contributed by atoms with van der Waals surface area (Å²) < 4.78 is 1.77. The number of halogens is 1. The van der Waals surface area contributed by atoms with Crippen LogP contribution in [0.15, 0.2) is 42.0 Å². The third kappa shape index (κ3) is 4.28. The van der Waals surface area contributed by atoms with Crippen LogP contribution >= 0.6 is 22.9 Å². The second kappa shape index (κ2) is 8.20. The maximum atomic E-state index is 12.5. The molecule has 1 aromatic carbocycles. The fourth-order valence-electron chi connectivity index (χ4n) is 3.06. The Labute approximate surface area is 172 Å². The molecule has 0 spiro atoms. The minimum atomic E-state index is -0.0470. The Morgan fingerprint density at radius 2 is 1.96 bits per heavy atom. The van der Waals surface area contributed by atoms with Crippen LogP contribution in [0.5, 0.6) is 0 Å². The zero-order valence-electron chi connectivity index (χ0n) is 15.5. The molecule has 1 saturated heterocycles. The number of nitrogens with zero attached hydrogens (tertiary/aromatic N) is 5. The number of hydrogen-bond donors (Lipinski definition) is 1. The Morgan fingerprint density at radius 3 is 2.64 bits per heavy atom. The summed E-state index contributed by atoms with van der Waals surface area (Å²) in [6.07, 6.45) is 3.67. The Hall–Kier alpha value is -2.58. The number of aromatic nitrogens is 3. The summed E-state index contributed by atoms with van der Waals surface area (Å²) in [7, 11) is 0. The number of aryl methyl sites for hydroxylation is 1. The van der Waals surface area contributed by atoms with Gasteiger partial charge in [-0.2, -0.15) is 5.10 Å². The summed E-state index contributed by atoms with van der Waals surface area (Å²) in [6, 6.07) is 7.41. The monoisotopic (exact) mass is 416 g/mol. The highest BCUT2D eigenvalue weighted by atomic mass is 35.5. The number of hydrogen-bond acceptors (Lipinski definition) is 5. The summed E-state index contributed by atoms with van der Waals surface area (Å²) in [5.41, 5.74) is 2.91. The first-order chi connectivity index (χ1) is 13.6. The molecule has 1 aliphatic rings. The second-order valence-corrected chi connectivity index (χ2v) is 7.95. The molecule has 4 rings (SSSR count). The molecule has 2 amide bonds. The molecular weight excluding hydrogens is 396 g/mol. The van der Waals surface area contributed by atoms with Crippen molar-refractivity contribution in [2.24, 2.45) is 0 Å². The largest absolute Gasteiger partial charge is 0.345 e. The van der Waals surface area contributed by atoms with E-state index in [9.17, 15) is 4.79 Å². The van der Waals surface area contributed by atoms with Crippen molar-refractivity contribution in [3.8, 4) is 5.69 Å². The van der Waals surface area contributed by atoms with Gasteiger partial charge in [0.25, 0.3) is 0 Å². The molecule has 1 N–H and O–H groups in total. The quantitative estimate of drug-likeness (QED) is 0.708. The lowest BCUT2D eigenvalue weighted by atomic mass is 10.3. The van der Waals surface area contributed by atoms with E-state index < -0.39 is 0 Å². The third-order valence-corrected chi connectivity index (χ3v) is 5.89. The van der Waals surface area contributed by atoms with Crippen molar-refractivity contribution in [1.29, 1.82) is 0 Å². The summed E-state index contributed by atoms with van der Waals surface area (Å²) in [5, 5.41) is 11.1. The Bertz CT molecular complexity index is 946. The summed E-state index contributed by atoms with van der Waals surface area (Å²) in [6.45, 7) is 5.42. The summed E-state index contributed by atoms with van der Waals surface area (Å²) in [5.74, 6) is 0. The van der Waals surface area contributed by atoms with Gasteiger partial charge in [-0.15, -0.1) is 11.3 Å². The van der Waals surface area contributed by atoms with Crippen molar-refractivity contribution >= 4 is 34.1 Å². The van der Waals surface area contributed by atoms with E-state index in [4.69, 9.17) is 11.6 Å². The molecule has 2 aromatic heterocycles. The lowest BCUT2D eigenvalue weighted by molar-refractivity contribution is 0.194. The molecule has 0 saturated carbocycles. The predicted molar refractivity (Wildman–Crippen MR) is 111 cm³/mol. The zero-order valence-corrected chi connectivity index (χ0v) is 17.1. The van der Waals surface area contributed by atoms with Gasteiger partial charge >= 0.3 is 6.03 Å². The lowest BCUT2D eigenvalue weighted by Gasteiger charge is -2.34. The molecule has 9 heteroatoms. The number of anilines is 1. The van der Waals surface area contributed by atoms with Gasteiger partial charge in [0.1, 0.15) is 0 Å². The number of piperazine rings is 1. The number of benzene rings is 1. The van der Waals surface area contributed by atoms with Gasteiger partial charge in [-0.1, -0.05) is 11.6 Å². The summed E-state index contributed by atoms with van der Waals surface area (Å²) >= 11 is 7.57. The van der Waals surface area contributed by atoms with Crippen LogP contribution in [0.1, 0.15) is 11.3 Å². The first kappa shape index (κ1) is 18.8. The number of amides is 2. The van der Waals surface area contributed by atoms with Crippen LogP contribution in [-0.4, -0.2) is 51.9 Å². The van der Waals surface area contributed by atoms with E-state index in [1.54, 1.807) is 22.2 Å². The molecule has 28 heavy (non-hydrogen) atoms. The number of carbonyl (C=O) groups is 1. The van der Waals surface area contributed by atoms with Crippen molar-refractivity contribution in [3.63, 3.8) is 0 Å². The Balaban J connectivity index is 1.27. The molecule has 0 unspecified atom stereocenters. The highest BCUT2D eigenvalue weighted by Crippen LogP contribution is 2.21. The first-order valence-electron chi connectivity index (χ1n) is 9.08. The van der Waals surface area contributed by atoms with Crippen molar-refractivity contribution < 1.29 is 4.79 Å². The number of carbonyl (C=O) groups excluding carboxylic acids is 1. The van der Waals surface area contributed by atoms with Crippen molar-refractivity contribution in [1.82, 2.24) is 25.0 Å². The van der Waals surface area contributed by atoms with Crippen LogP contribution in [0.4, 0.5) is 9.93 Å². The maximum Gasteiger partial charge on any atom is 0.317 e. The van der Waals surface area contributed by atoms with Gasteiger partial charge in [-0.05, 0) is 31.2 Å². The molecule has 0 aliphatic carbocycles. The van der Waals surface area contributed by atoms with Gasteiger partial charge < -0.3 is 15.1 Å². The van der Waals surface area contributed by atoms with E-state index in [2.05, 4.69) is 25.7 Å². The van der Waals surface area contributed by atoms with E-state index in [0.29, 0.717) is 24.7 Å². The molecule has 1 aliphatic heterocycles. The fourth-order valence-corrected chi connectivity index (χ4v) is 4.05. The molecule has 3 heterocycles. The van der Waals surface area contributed by atoms with Crippen molar-refractivity contribution in [2.45, 2.75) is 13.5 Å². The normalized spacial score (nSPS) is 14.4.